The summed E-state index contributed by atoms with van der Waals surface area (Å²) in [6.07, 6.45) is 0. The fourth-order valence-corrected chi connectivity index (χ4v) is 1.51. The molecular formula is C13H18N2O3. The lowest BCUT2D eigenvalue weighted by molar-refractivity contribution is -0.118. The largest absolute Gasteiger partial charge is 0.478 e. The predicted molar refractivity (Wildman–Crippen MR) is 69.6 cm³/mol. The third-order valence-electron chi connectivity index (χ3n) is 2.75. The van der Waals surface area contributed by atoms with Crippen molar-refractivity contribution in [2.45, 2.75) is 26.8 Å². The molecule has 0 aliphatic heterocycles. The molecule has 0 bridgehead atoms. The van der Waals surface area contributed by atoms with E-state index in [1.165, 1.54) is 6.07 Å². The number of hydrogen-bond donors (Lipinski definition) is 3. The number of carboxylic acid groups (broad SMARTS) is 1. The highest BCUT2D eigenvalue weighted by molar-refractivity contribution is 5.96. The summed E-state index contributed by atoms with van der Waals surface area (Å²) in [5.41, 5.74) is 7.09. The van der Waals surface area contributed by atoms with Crippen molar-refractivity contribution in [1.29, 1.82) is 0 Å². The van der Waals surface area contributed by atoms with Crippen LogP contribution in [0, 0.1) is 12.8 Å². The van der Waals surface area contributed by atoms with E-state index in [0.29, 0.717) is 11.3 Å². The Hall–Kier alpha value is -1.88. The second kappa shape index (κ2) is 5.64. The summed E-state index contributed by atoms with van der Waals surface area (Å²) >= 11 is 0. The number of aryl methyl sites for hydroxylation is 1. The Morgan fingerprint density at radius 1 is 1.33 bits per heavy atom. The number of nitrogens with one attached hydrogen (secondary N) is 1. The standard InChI is InChI=1S/C13H18N2O3/c1-7(2)11(14)12(16)15-9-4-5-10(13(17)18)8(3)6-9/h4-7,11H,14H2,1-3H3,(H,15,16)(H,17,18)/t11-/m0/s1. The van der Waals surface area contributed by atoms with Crippen molar-refractivity contribution in [3.05, 3.63) is 29.3 Å². The number of amides is 1. The van der Waals surface area contributed by atoms with Crippen molar-refractivity contribution in [3.8, 4) is 0 Å². The first kappa shape index (κ1) is 14.2. The number of hydrogen-bond acceptors (Lipinski definition) is 3. The van der Waals surface area contributed by atoms with Gasteiger partial charge in [-0.05, 0) is 36.6 Å². The smallest absolute Gasteiger partial charge is 0.335 e. The van der Waals surface area contributed by atoms with E-state index in [0.717, 1.165) is 0 Å². The lowest BCUT2D eigenvalue weighted by Gasteiger charge is -2.15. The molecule has 1 aromatic rings. The Kier molecular flexibility index (Phi) is 4.44. The number of aromatic carboxylic acids is 1. The van der Waals surface area contributed by atoms with Gasteiger partial charge in [0.15, 0.2) is 0 Å². The van der Waals surface area contributed by atoms with Gasteiger partial charge < -0.3 is 16.2 Å². The maximum absolute atomic E-state index is 11.7. The molecule has 0 spiro atoms. The van der Waals surface area contributed by atoms with Crippen LogP contribution in [0.5, 0.6) is 0 Å². The Bertz CT molecular complexity index is 469. The van der Waals surface area contributed by atoms with Gasteiger partial charge in [-0.1, -0.05) is 13.8 Å². The van der Waals surface area contributed by atoms with Crippen LogP contribution in [0.25, 0.3) is 0 Å². The summed E-state index contributed by atoms with van der Waals surface area (Å²) in [5.74, 6) is -1.21. The summed E-state index contributed by atoms with van der Waals surface area (Å²) in [6.45, 7) is 5.41. The molecule has 5 heteroatoms. The highest BCUT2D eigenvalue weighted by Gasteiger charge is 2.17. The Morgan fingerprint density at radius 3 is 2.39 bits per heavy atom. The number of anilines is 1. The average molecular weight is 250 g/mol. The minimum absolute atomic E-state index is 0.0457. The Morgan fingerprint density at radius 2 is 1.94 bits per heavy atom. The van der Waals surface area contributed by atoms with Crippen molar-refractivity contribution in [3.63, 3.8) is 0 Å². The van der Waals surface area contributed by atoms with E-state index in [-0.39, 0.29) is 17.4 Å². The highest BCUT2D eigenvalue weighted by atomic mass is 16.4. The number of carbonyl (C=O) groups is 2. The molecule has 1 amide bonds. The van der Waals surface area contributed by atoms with Crippen LogP contribution < -0.4 is 11.1 Å². The zero-order chi connectivity index (χ0) is 13.9. The highest BCUT2D eigenvalue weighted by Crippen LogP contribution is 2.15. The molecule has 98 valence electrons. The molecular weight excluding hydrogens is 232 g/mol. The molecule has 1 atom stereocenters. The second-order valence-corrected chi connectivity index (χ2v) is 4.59. The molecule has 0 aliphatic carbocycles. The normalized spacial score (nSPS) is 12.3. The van der Waals surface area contributed by atoms with Gasteiger partial charge in [0.25, 0.3) is 0 Å². The van der Waals surface area contributed by atoms with Crippen LogP contribution in [-0.4, -0.2) is 23.0 Å². The molecule has 0 saturated carbocycles. The fraction of sp³-hybridized carbons (Fsp3) is 0.385. The molecule has 0 saturated heterocycles. The number of rotatable bonds is 4. The summed E-state index contributed by atoms with van der Waals surface area (Å²) in [5, 5.41) is 11.6. The van der Waals surface area contributed by atoms with Crippen LogP contribution >= 0.6 is 0 Å². The first-order valence-corrected chi connectivity index (χ1v) is 5.73. The van der Waals surface area contributed by atoms with Crippen molar-refractivity contribution < 1.29 is 14.7 Å². The van der Waals surface area contributed by atoms with E-state index in [4.69, 9.17) is 10.8 Å². The quantitative estimate of drug-likeness (QED) is 0.757. The van der Waals surface area contributed by atoms with Crippen LogP contribution in [0.1, 0.15) is 29.8 Å². The fourth-order valence-electron chi connectivity index (χ4n) is 1.51. The van der Waals surface area contributed by atoms with Gasteiger partial charge >= 0.3 is 5.97 Å². The molecule has 0 unspecified atom stereocenters. The maximum atomic E-state index is 11.7. The predicted octanol–water partition coefficient (Wildman–Crippen LogP) is 1.62. The Balaban J connectivity index is 2.84. The van der Waals surface area contributed by atoms with Gasteiger partial charge in [-0.3, -0.25) is 4.79 Å². The van der Waals surface area contributed by atoms with Gasteiger partial charge in [-0.25, -0.2) is 4.79 Å². The summed E-state index contributed by atoms with van der Waals surface area (Å²) in [7, 11) is 0. The van der Waals surface area contributed by atoms with Crippen LogP contribution in [0.4, 0.5) is 5.69 Å². The van der Waals surface area contributed by atoms with E-state index < -0.39 is 12.0 Å². The first-order valence-electron chi connectivity index (χ1n) is 5.73. The summed E-state index contributed by atoms with van der Waals surface area (Å²) in [6, 6.07) is 4.06. The Labute approximate surface area is 106 Å². The lowest BCUT2D eigenvalue weighted by atomic mass is 10.0. The van der Waals surface area contributed by atoms with Crippen LogP contribution in [0.3, 0.4) is 0 Å². The van der Waals surface area contributed by atoms with Gasteiger partial charge in [0.05, 0.1) is 11.6 Å². The van der Waals surface area contributed by atoms with E-state index >= 15 is 0 Å². The lowest BCUT2D eigenvalue weighted by Crippen LogP contribution is -2.39. The van der Waals surface area contributed by atoms with E-state index in [9.17, 15) is 9.59 Å². The van der Waals surface area contributed by atoms with Crippen LogP contribution in [-0.2, 0) is 4.79 Å². The van der Waals surface area contributed by atoms with Crippen molar-refractivity contribution in [2.75, 3.05) is 5.32 Å². The van der Waals surface area contributed by atoms with Crippen molar-refractivity contribution in [1.82, 2.24) is 0 Å². The molecule has 0 radical (unpaired) electrons. The maximum Gasteiger partial charge on any atom is 0.335 e. The van der Waals surface area contributed by atoms with Crippen molar-refractivity contribution in [2.24, 2.45) is 11.7 Å². The van der Waals surface area contributed by atoms with Gasteiger partial charge in [0.2, 0.25) is 5.91 Å². The molecule has 0 aliphatic rings. The second-order valence-electron chi connectivity index (χ2n) is 4.59. The molecule has 0 fully saturated rings. The zero-order valence-electron chi connectivity index (χ0n) is 10.7. The summed E-state index contributed by atoms with van der Waals surface area (Å²) in [4.78, 5) is 22.6. The summed E-state index contributed by atoms with van der Waals surface area (Å²) < 4.78 is 0. The van der Waals surface area contributed by atoms with Gasteiger partial charge in [-0.15, -0.1) is 0 Å². The number of benzene rings is 1. The van der Waals surface area contributed by atoms with Crippen LogP contribution in [0.15, 0.2) is 18.2 Å². The third kappa shape index (κ3) is 3.30. The van der Waals surface area contributed by atoms with Gasteiger partial charge in [-0.2, -0.15) is 0 Å². The van der Waals surface area contributed by atoms with Gasteiger partial charge in [0.1, 0.15) is 0 Å². The van der Waals surface area contributed by atoms with Crippen molar-refractivity contribution >= 4 is 17.6 Å². The number of nitrogens with two attached hydrogens (primary N) is 1. The molecule has 0 heterocycles. The van der Waals surface area contributed by atoms with E-state index in [2.05, 4.69) is 5.32 Å². The molecule has 0 aromatic heterocycles. The first-order chi connectivity index (χ1) is 8.32. The zero-order valence-corrected chi connectivity index (χ0v) is 10.7. The minimum Gasteiger partial charge on any atom is -0.478 e. The van der Waals surface area contributed by atoms with Crippen LogP contribution in [0.2, 0.25) is 0 Å². The SMILES string of the molecule is Cc1cc(NC(=O)[C@@H](N)C(C)C)ccc1C(=O)O. The molecule has 5 nitrogen and oxygen atoms in total. The molecule has 4 N–H and O–H groups in total. The monoisotopic (exact) mass is 250 g/mol. The average Bonchev–Trinajstić information content (AvgIpc) is 2.27. The van der Waals surface area contributed by atoms with Gasteiger partial charge in [0, 0.05) is 5.69 Å². The minimum atomic E-state index is -0.982. The van der Waals surface area contributed by atoms with E-state index in [1.54, 1.807) is 19.1 Å². The molecule has 18 heavy (non-hydrogen) atoms. The molecule has 1 aromatic carbocycles. The number of carboxylic acids is 1. The number of carbonyl (C=O) groups excluding carboxylic acids is 1. The van der Waals surface area contributed by atoms with E-state index in [1.807, 2.05) is 13.8 Å². The topological polar surface area (TPSA) is 92.4 Å². The third-order valence-corrected chi connectivity index (χ3v) is 2.75. The molecule has 1 rings (SSSR count).